The minimum absolute atomic E-state index is 0.493. The Balaban J connectivity index is 3.79. The van der Waals surface area contributed by atoms with Crippen molar-refractivity contribution in [1.29, 1.82) is 0 Å². The summed E-state index contributed by atoms with van der Waals surface area (Å²) in [5.41, 5.74) is 0. The second-order valence-corrected chi connectivity index (χ2v) is 1.06. The lowest BCUT2D eigenvalue weighted by Crippen LogP contribution is -2.04. The Kier molecular flexibility index (Phi) is 1.19. The molecule has 0 aliphatic rings. The lowest BCUT2D eigenvalue weighted by Gasteiger charge is -1.97. The van der Waals surface area contributed by atoms with Crippen molar-refractivity contribution in [2.24, 2.45) is 5.92 Å². The summed E-state index contributed by atoms with van der Waals surface area (Å²) in [7, 11) is 0. The van der Waals surface area contributed by atoms with Crippen LogP contribution in [-0.2, 0) is 0 Å². The molecular formula is C4H10O2. The minimum Gasteiger partial charge on any atom is -0.396 e. The van der Waals surface area contributed by atoms with Crippen LogP contribution in [0.2, 0.25) is 0 Å². The third-order valence-corrected chi connectivity index (χ3v) is 0.441. The lowest BCUT2D eigenvalue weighted by molar-refractivity contribution is 0.162. The first kappa shape index (κ1) is 2.28. The van der Waals surface area contributed by atoms with Crippen molar-refractivity contribution in [1.82, 2.24) is 0 Å². The molecule has 0 fully saturated rings. The zero-order chi connectivity index (χ0) is 7.49. The molecule has 0 aliphatic carbocycles. The summed E-state index contributed by atoms with van der Waals surface area (Å²) in [6, 6.07) is 0. The first-order valence-electron chi connectivity index (χ1n) is 3.24. The van der Waals surface area contributed by atoms with E-state index in [2.05, 4.69) is 0 Å². The Labute approximate surface area is 41.6 Å². The van der Waals surface area contributed by atoms with Crippen molar-refractivity contribution in [3.05, 3.63) is 0 Å². The highest BCUT2D eigenvalue weighted by Crippen LogP contribution is 1.85. The Morgan fingerprint density at radius 3 is 2.17 bits per heavy atom. The van der Waals surface area contributed by atoms with Crippen LogP contribution in [0.15, 0.2) is 0 Å². The summed E-state index contributed by atoms with van der Waals surface area (Å²) in [5.74, 6) is -0.988. The third kappa shape index (κ3) is 2.18. The first-order valence-corrected chi connectivity index (χ1v) is 1.74. The van der Waals surface area contributed by atoms with Gasteiger partial charge in [-0.1, -0.05) is 6.85 Å². The van der Waals surface area contributed by atoms with Gasteiger partial charge in [-0.2, -0.15) is 0 Å². The molecule has 2 nitrogen and oxygen atoms in total. The van der Waals surface area contributed by atoms with Crippen molar-refractivity contribution < 1.29 is 14.3 Å². The Morgan fingerprint density at radius 2 is 2.17 bits per heavy atom. The monoisotopic (exact) mass is 93.1 g/mol. The average molecular weight is 93.1 g/mol. The quantitative estimate of drug-likeness (QED) is 0.488. The molecule has 0 saturated heterocycles. The standard InChI is InChI=1S/C4H10O2/c1-4(2-5)3-6/h4-6H,2-3H2,1H3/i1D3. The maximum absolute atomic E-state index is 8.34. The van der Waals surface area contributed by atoms with E-state index in [1.165, 1.54) is 0 Å². The van der Waals surface area contributed by atoms with Crippen LogP contribution in [0.3, 0.4) is 0 Å². The van der Waals surface area contributed by atoms with Crippen molar-refractivity contribution in [2.45, 2.75) is 6.85 Å². The average Bonchev–Trinajstić information content (AvgIpc) is 1.65. The molecule has 6 heavy (non-hydrogen) atoms. The van der Waals surface area contributed by atoms with Gasteiger partial charge in [-0.3, -0.25) is 0 Å². The van der Waals surface area contributed by atoms with Gasteiger partial charge in [0.1, 0.15) is 0 Å². The Hall–Kier alpha value is -0.0800. The number of rotatable bonds is 2. The molecule has 0 amide bonds. The van der Waals surface area contributed by atoms with Gasteiger partial charge < -0.3 is 10.2 Å². The van der Waals surface area contributed by atoms with E-state index in [1.54, 1.807) is 0 Å². The second-order valence-electron chi connectivity index (χ2n) is 1.06. The highest BCUT2D eigenvalue weighted by molar-refractivity contribution is 4.41. The van der Waals surface area contributed by atoms with Gasteiger partial charge in [0.05, 0.1) is 0 Å². The summed E-state index contributed by atoms with van der Waals surface area (Å²) < 4.78 is 20.1. The first-order chi connectivity index (χ1) is 4.02. The van der Waals surface area contributed by atoms with E-state index in [0.29, 0.717) is 0 Å². The van der Waals surface area contributed by atoms with Crippen LogP contribution in [0.4, 0.5) is 0 Å². The normalized spacial score (nSPS) is 19.5. The molecule has 0 radical (unpaired) electrons. The van der Waals surface area contributed by atoms with E-state index in [1.807, 2.05) is 0 Å². The molecule has 0 saturated carbocycles. The zero-order valence-electron chi connectivity index (χ0n) is 6.39. The third-order valence-electron chi connectivity index (χ3n) is 0.441. The molecule has 38 valence electrons. The number of hydrogen-bond acceptors (Lipinski definition) is 2. The van der Waals surface area contributed by atoms with Gasteiger partial charge in [0, 0.05) is 23.2 Å². The van der Waals surface area contributed by atoms with Gasteiger partial charge in [0.15, 0.2) is 0 Å². The second kappa shape index (κ2) is 3.12. The summed E-state index contributed by atoms with van der Waals surface area (Å²) >= 11 is 0. The van der Waals surface area contributed by atoms with Crippen LogP contribution in [0.1, 0.15) is 11.0 Å². The molecule has 2 heteroatoms. The molecule has 0 aromatic carbocycles. The van der Waals surface area contributed by atoms with Gasteiger partial charge in [0.25, 0.3) is 0 Å². The van der Waals surface area contributed by atoms with Crippen LogP contribution in [0.5, 0.6) is 0 Å². The smallest absolute Gasteiger partial charge is 0.0478 e. The predicted octanol–water partition coefficient (Wildman–Crippen LogP) is -0.393. The van der Waals surface area contributed by atoms with Crippen LogP contribution in [0, 0.1) is 5.92 Å². The van der Waals surface area contributed by atoms with Gasteiger partial charge >= 0.3 is 0 Å². The molecular weight excluding hydrogens is 80.0 g/mol. The van der Waals surface area contributed by atoms with Crippen molar-refractivity contribution >= 4 is 0 Å². The Morgan fingerprint density at radius 1 is 1.67 bits per heavy atom. The molecule has 0 aromatic rings. The summed E-state index contributed by atoms with van der Waals surface area (Å²) in [6.07, 6.45) is 0. The summed E-state index contributed by atoms with van der Waals surface area (Å²) in [6.45, 7) is -3.22. The molecule has 0 aromatic heterocycles. The fourth-order valence-corrected chi connectivity index (χ4v) is 0.0577. The van der Waals surface area contributed by atoms with E-state index in [0.717, 1.165) is 0 Å². The molecule has 0 spiro atoms. The molecule has 0 heterocycles. The van der Waals surface area contributed by atoms with Crippen molar-refractivity contribution in [3.63, 3.8) is 0 Å². The van der Waals surface area contributed by atoms with E-state index >= 15 is 0 Å². The Bertz CT molecular complexity index is 76.4. The van der Waals surface area contributed by atoms with Gasteiger partial charge in [-0.05, 0) is 0 Å². The van der Waals surface area contributed by atoms with Crippen molar-refractivity contribution in [2.75, 3.05) is 13.2 Å². The predicted molar refractivity (Wildman–Crippen MR) is 23.3 cm³/mol. The largest absolute Gasteiger partial charge is 0.396 e. The lowest BCUT2D eigenvalue weighted by atomic mass is 10.2. The fraction of sp³-hybridized carbons (Fsp3) is 1.00. The van der Waals surface area contributed by atoms with E-state index in [4.69, 9.17) is 14.3 Å². The molecule has 0 atom stereocenters. The van der Waals surface area contributed by atoms with Crippen LogP contribution in [0.25, 0.3) is 0 Å². The van der Waals surface area contributed by atoms with Gasteiger partial charge in [0.2, 0.25) is 0 Å². The van der Waals surface area contributed by atoms with Gasteiger partial charge in [-0.25, -0.2) is 0 Å². The summed E-state index contributed by atoms with van der Waals surface area (Å²) in [4.78, 5) is 0. The van der Waals surface area contributed by atoms with E-state index in [-0.39, 0.29) is 0 Å². The SMILES string of the molecule is [2H]C([2H])([2H])C(CO)CO. The van der Waals surface area contributed by atoms with Gasteiger partial charge in [-0.15, -0.1) is 0 Å². The zero-order valence-corrected chi connectivity index (χ0v) is 3.39. The van der Waals surface area contributed by atoms with E-state index < -0.39 is 26.0 Å². The van der Waals surface area contributed by atoms with Crippen LogP contribution in [-0.4, -0.2) is 23.4 Å². The van der Waals surface area contributed by atoms with Crippen molar-refractivity contribution in [3.8, 4) is 0 Å². The topological polar surface area (TPSA) is 40.5 Å². The molecule has 0 bridgehead atoms. The maximum Gasteiger partial charge on any atom is 0.0478 e. The van der Waals surface area contributed by atoms with Crippen LogP contribution >= 0.6 is 0 Å². The molecule has 0 rings (SSSR count). The number of aliphatic hydroxyl groups excluding tert-OH is 2. The highest BCUT2D eigenvalue weighted by atomic mass is 16.3. The molecule has 2 N–H and O–H groups in total. The summed E-state index contributed by atoms with van der Waals surface area (Å²) in [5, 5.41) is 16.7. The molecule has 0 unspecified atom stereocenters. The highest BCUT2D eigenvalue weighted by Gasteiger charge is 1.91. The molecule has 0 aliphatic heterocycles. The van der Waals surface area contributed by atoms with Crippen LogP contribution < -0.4 is 0 Å². The fourth-order valence-electron chi connectivity index (χ4n) is 0.0577. The number of aliphatic hydroxyl groups is 2. The maximum atomic E-state index is 8.34. The number of hydrogen-bond donors (Lipinski definition) is 2. The van der Waals surface area contributed by atoms with E-state index in [9.17, 15) is 0 Å². The minimum atomic E-state index is -2.23.